The third kappa shape index (κ3) is 5.39. The van der Waals surface area contributed by atoms with Crippen molar-refractivity contribution in [3.8, 4) is 11.3 Å². The van der Waals surface area contributed by atoms with E-state index in [1.54, 1.807) is 68.6 Å². The van der Waals surface area contributed by atoms with E-state index in [1.807, 2.05) is 18.2 Å². The number of aromatic nitrogens is 1. The van der Waals surface area contributed by atoms with E-state index in [0.717, 1.165) is 4.57 Å². The topological polar surface area (TPSA) is 92.2 Å². The summed E-state index contributed by atoms with van der Waals surface area (Å²) in [4.78, 5) is 39.6. The van der Waals surface area contributed by atoms with Gasteiger partial charge in [0.1, 0.15) is 11.5 Å². The van der Waals surface area contributed by atoms with Crippen LogP contribution in [-0.2, 0) is 4.79 Å². The first-order valence-corrected chi connectivity index (χ1v) is 11.3. The van der Waals surface area contributed by atoms with Gasteiger partial charge in [0.05, 0.1) is 11.7 Å². The molecule has 3 aromatic carbocycles. The van der Waals surface area contributed by atoms with Crippen molar-refractivity contribution in [2.24, 2.45) is 0 Å². The van der Waals surface area contributed by atoms with Crippen molar-refractivity contribution in [3.63, 3.8) is 0 Å². The van der Waals surface area contributed by atoms with Gasteiger partial charge >= 0.3 is 0 Å². The van der Waals surface area contributed by atoms with Crippen LogP contribution in [0.4, 0.5) is 21.5 Å². The normalized spacial score (nSPS) is 11.5. The van der Waals surface area contributed by atoms with Crippen LogP contribution in [0.2, 0.25) is 0 Å². The van der Waals surface area contributed by atoms with Crippen molar-refractivity contribution in [3.05, 3.63) is 113 Å². The van der Waals surface area contributed by atoms with E-state index in [0.29, 0.717) is 22.6 Å². The Labute approximate surface area is 207 Å². The highest BCUT2D eigenvalue weighted by molar-refractivity contribution is 6.00. The number of carbonyl (C=O) groups is 2. The van der Waals surface area contributed by atoms with Gasteiger partial charge in [0.25, 0.3) is 11.5 Å². The Morgan fingerprint density at radius 1 is 0.861 bits per heavy atom. The zero-order chi connectivity index (χ0) is 25.7. The minimum absolute atomic E-state index is 0.00396. The van der Waals surface area contributed by atoms with Gasteiger partial charge in [0.2, 0.25) is 5.91 Å². The minimum Gasteiger partial charge on any atom is -0.356 e. The second kappa shape index (κ2) is 10.8. The van der Waals surface area contributed by atoms with Crippen LogP contribution in [-0.4, -0.2) is 29.5 Å². The quantitative estimate of drug-likeness (QED) is 0.356. The molecule has 0 aliphatic carbocycles. The number of carbonyl (C=O) groups excluding carboxylic acids is 2. The van der Waals surface area contributed by atoms with Gasteiger partial charge in [-0.2, -0.15) is 0 Å². The first-order chi connectivity index (χ1) is 17.4. The number of nitrogens with zero attached hydrogens (tertiary/aromatic N) is 1. The zero-order valence-corrected chi connectivity index (χ0v) is 19.8. The third-order valence-electron chi connectivity index (χ3n) is 5.68. The molecule has 182 valence electrons. The molecular weight excluding hydrogens is 459 g/mol. The molecule has 0 saturated heterocycles. The van der Waals surface area contributed by atoms with E-state index in [-0.39, 0.29) is 17.1 Å². The van der Waals surface area contributed by atoms with Gasteiger partial charge < -0.3 is 16.0 Å². The van der Waals surface area contributed by atoms with Gasteiger partial charge in [-0.1, -0.05) is 36.4 Å². The van der Waals surface area contributed by atoms with E-state index in [4.69, 9.17) is 0 Å². The van der Waals surface area contributed by atoms with Crippen molar-refractivity contribution >= 4 is 28.9 Å². The lowest BCUT2D eigenvalue weighted by Gasteiger charge is -2.16. The smallest absolute Gasteiger partial charge is 0.281 e. The molecule has 36 heavy (non-hydrogen) atoms. The van der Waals surface area contributed by atoms with Crippen LogP contribution in [0, 0.1) is 5.82 Å². The molecule has 1 heterocycles. The Morgan fingerprint density at radius 2 is 1.58 bits per heavy atom. The first-order valence-electron chi connectivity index (χ1n) is 11.3. The molecule has 0 unspecified atom stereocenters. The fourth-order valence-corrected chi connectivity index (χ4v) is 3.60. The second-order valence-corrected chi connectivity index (χ2v) is 8.16. The van der Waals surface area contributed by atoms with Crippen LogP contribution in [0.25, 0.3) is 11.3 Å². The lowest BCUT2D eigenvalue weighted by Crippen LogP contribution is -2.38. The molecule has 4 aromatic rings. The number of hydrogen-bond donors (Lipinski definition) is 3. The molecular formula is C28H25FN4O3. The standard InChI is InChI=1S/C28H25FN4O3/c1-18(30-2)26(34)32-24-15-16-25(19-7-4-3-5-8-19)33(28(24)36)27(35)20-9-6-10-23(17-20)31-22-13-11-21(29)12-14-22/h3-18,30-31H,1-2H3,(H,32,34)/t18-/m0/s1. The molecule has 0 aliphatic rings. The summed E-state index contributed by atoms with van der Waals surface area (Å²) in [6.45, 7) is 1.66. The second-order valence-electron chi connectivity index (χ2n) is 8.16. The summed E-state index contributed by atoms with van der Waals surface area (Å²) in [5, 5.41) is 8.55. The molecule has 7 nitrogen and oxygen atoms in total. The molecule has 4 rings (SSSR count). The van der Waals surface area contributed by atoms with E-state index < -0.39 is 23.4 Å². The van der Waals surface area contributed by atoms with Gasteiger partial charge in [0, 0.05) is 16.9 Å². The number of anilines is 3. The summed E-state index contributed by atoms with van der Waals surface area (Å²) in [6, 6.07) is 24.2. The van der Waals surface area contributed by atoms with Crippen molar-refractivity contribution < 1.29 is 14.0 Å². The summed E-state index contributed by atoms with van der Waals surface area (Å²) in [7, 11) is 1.64. The maximum absolute atomic E-state index is 13.7. The Bertz CT molecular complexity index is 1450. The number of rotatable bonds is 7. The van der Waals surface area contributed by atoms with Gasteiger partial charge in [-0.05, 0) is 74.1 Å². The number of benzene rings is 3. The predicted molar refractivity (Wildman–Crippen MR) is 139 cm³/mol. The van der Waals surface area contributed by atoms with Crippen molar-refractivity contribution in [1.82, 2.24) is 9.88 Å². The van der Waals surface area contributed by atoms with Crippen LogP contribution in [0.5, 0.6) is 0 Å². The maximum Gasteiger partial charge on any atom is 0.281 e. The van der Waals surface area contributed by atoms with Crippen molar-refractivity contribution in [2.75, 3.05) is 17.7 Å². The molecule has 0 fully saturated rings. The van der Waals surface area contributed by atoms with Crippen LogP contribution in [0.1, 0.15) is 17.3 Å². The number of pyridine rings is 1. The third-order valence-corrected chi connectivity index (χ3v) is 5.68. The van der Waals surface area contributed by atoms with Gasteiger partial charge in [-0.15, -0.1) is 0 Å². The van der Waals surface area contributed by atoms with Crippen LogP contribution in [0.15, 0.2) is 95.8 Å². The highest BCUT2D eigenvalue weighted by Crippen LogP contribution is 2.23. The fourth-order valence-electron chi connectivity index (χ4n) is 3.60. The van der Waals surface area contributed by atoms with Crippen LogP contribution >= 0.6 is 0 Å². The molecule has 1 aromatic heterocycles. The van der Waals surface area contributed by atoms with Crippen molar-refractivity contribution in [2.45, 2.75) is 13.0 Å². The number of halogens is 1. The Hall–Kier alpha value is -4.56. The van der Waals surface area contributed by atoms with E-state index in [2.05, 4.69) is 16.0 Å². The molecule has 0 radical (unpaired) electrons. The lowest BCUT2D eigenvalue weighted by molar-refractivity contribution is -0.117. The Kier molecular flexibility index (Phi) is 7.36. The molecule has 0 aliphatic heterocycles. The average molecular weight is 485 g/mol. The monoisotopic (exact) mass is 484 g/mol. The molecule has 0 bridgehead atoms. The molecule has 3 N–H and O–H groups in total. The SMILES string of the molecule is CN[C@@H](C)C(=O)Nc1ccc(-c2ccccc2)n(C(=O)c2cccc(Nc3ccc(F)cc3)c2)c1=O. The largest absolute Gasteiger partial charge is 0.356 e. The highest BCUT2D eigenvalue weighted by Gasteiger charge is 2.20. The average Bonchev–Trinajstić information content (AvgIpc) is 2.90. The van der Waals surface area contributed by atoms with E-state index in [9.17, 15) is 18.8 Å². The number of amides is 1. The summed E-state index contributed by atoms with van der Waals surface area (Å²) in [5.74, 6) is -1.31. The molecule has 1 amide bonds. The fraction of sp³-hybridized carbons (Fsp3) is 0.107. The van der Waals surface area contributed by atoms with Crippen LogP contribution in [0.3, 0.4) is 0 Å². The van der Waals surface area contributed by atoms with Crippen molar-refractivity contribution in [1.29, 1.82) is 0 Å². The van der Waals surface area contributed by atoms with E-state index >= 15 is 0 Å². The predicted octanol–water partition coefficient (Wildman–Crippen LogP) is 4.63. The molecule has 0 spiro atoms. The summed E-state index contributed by atoms with van der Waals surface area (Å²) >= 11 is 0. The Morgan fingerprint density at radius 3 is 2.28 bits per heavy atom. The molecule has 1 atom stereocenters. The summed E-state index contributed by atoms with van der Waals surface area (Å²) in [6.07, 6.45) is 0. The van der Waals surface area contributed by atoms with Gasteiger partial charge in [0.15, 0.2) is 0 Å². The number of hydrogen-bond acceptors (Lipinski definition) is 5. The highest BCUT2D eigenvalue weighted by atomic mass is 19.1. The summed E-state index contributed by atoms with van der Waals surface area (Å²) in [5.41, 5.74) is 1.91. The zero-order valence-electron chi connectivity index (χ0n) is 19.8. The maximum atomic E-state index is 13.7. The number of likely N-dealkylation sites (N-methyl/N-ethyl adjacent to an activating group) is 1. The first kappa shape index (κ1) is 24.6. The summed E-state index contributed by atoms with van der Waals surface area (Å²) < 4.78 is 14.3. The molecule has 0 saturated carbocycles. The number of nitrogens with one attached hydrogen (secondary N) is 3. The lowest BCUT2D eigenvalue weighted by atomic mass is 10.1. The van der Waals surface area contributed by atoms with Crippen LogP contribution < -0.4 is 21.5 Å². The van der Waals surface area contributed by atoms with E-state index in [1.165, 1.54) is 18.2 Å². The minimum atomic E-state index is -0.644. The van der Waals surface area contributed by atoms with Gasteiger partial charge in [-0.25, -0.2) is 8.96 Å². The Balaban J connectivity index is 1.76. The van der Waals surface area contributed by atoms with Gasteiger partial charge in [-0.3, -0.25) is 14.4 Å². The molecule has 8 heteroatoms.